The first kappa shape index (κ1) is 10.3. The molecule has 0 unspecified atom stereocenters. The van der Waals surface area contributed by atoms with Gasteiger partial charge in [-0.3, -0.25) is 4.79 Å². The molecule has 0 aliphatic rings. The highest BCUT2D eigenvalue weighted by Gasteiger charge is 2.08. The molecule has 0 saturated heterocycles. The third-order valence-corrected chi connectivity index (χ3v) is 2.61. The minimum atomic E-state index is 0.0336. The molecule has 1 amide bonds. The van der Waals surface area contributed by atoms with Crippen LogP contribution in [0.3, 0.4) is 0 Å². The van der Waals surface area contributed by atoms with Crippen LogP contribution in [0.25, 0.3) is 0 Å². The maximum Gasteiger partial charge on any atom is 0.223 e. The largest absolute Gasteiger partial charge is 0.315 e. The molecular weight excluding hydrogens is 230 g/mol. The first-order chi connectivity index (χ1) is 6.02. The van der Waals surface area contributed by atoms with E-state index in [2.05, 4.69) is 15.9 Å². The van der Waals surface area contributed by atoms with Gasteiger partial charge in [-0.2, -0.15) is 0 Å². The van der Waals surface area contributed by atoms with Crippen molar-refractivity contribution in [3.63, 3.8) is 0 Å². The number of benzene rings is 1. The van der Waals surface area contributed by atoms with Gasteiger partial charge in [-0.1, -0.05) is 6.07 Å². The maximum absolute atomic E-state index is 11.1. The molecule has 3 heteroatoms. The van der Waals surface area contributed by atoms with Gasteiger partial charge in [0.15, 0.2) is 0 Å². The van der Waals surface area contributed by atoms with Gasteiger partial charge in [-0.05, 0) is 40.5 Å². The number of amides is 1. The van der Waals surface area contributed by atoms with E-state index in [0.29, 0.717) is 0 Å². The van der Waals surface area contributed by atoms with Gasteiger partial charge in [0.1, 0.15) is 0 Å². The van der Waals surface area contributed by atoms with E-state index in [1.54, 1.807) is 18.9 Å². The molecule has 0 saturated carbocycles. The highest BCUT2D eigenvalue weighted by Crippen LogP contribution is 2.26. The fourth-order valence-electron chi connectivity index (χ4n) is 1.05. The summed E-state index contributed by atoms with van der Waals surface area (Å²) in [5.74, 6) is 0.0336. The minimum absolute atomic E-state index is 0.0336. The summed E-state index contributed by atoms with van der Waals surface area (Å²) < 4.78 is 0.941. The fraction of sp³-hybridized carbons (Fsp3) is 0.300. The van der Waals surface area contributed by atoms with Crippen LogP contribution in [-0.4, -0.2) is 13.0 Å². The Hall–Kier alpha value is -0.830. The number of anilines is 1. The maximum atomic E-state index is 11.1. The van der Waals surface area contributed by atoms with Gasteiger partial charge in [-0.15, -0.1) is 0 Å². The molecule has 0 heterocycles. The predicted molar refractivity (Wildman–Crippen MR) is 58.0 cm³/mol. The molecule has 0 aromatic heterocycles. The molecule has 0 radical (unpaired) electrons. The van der Waals surface area contributed by atoms with E-state index in [0.717, 1.165) is 15.7 Å². The zero-order valence-corrected chi connectivity index (χ0v) is 9.55. The average molecular weight is 242 g/mol. The number of hydrogen-bond donors (Lipinski definition) is 0. The van der Waals surface area contributed by atoms with Crippen LogP contribution in [0.1, 0.15) is 12.5 Å². The number of carbonyl (C=O) groups is 1. The molecule has 70 valence electrons. The summed E-state index contributed by atoms with van der Waals surface area (Å²) in [5, 5.41) is 0. The van der Waals surface area contributed by atoms with E-state index < -0.39 is 0 Å². The van der Waals surface area contributed by atoms with Crippen LogP contribution in [0.15, 0.2) is 22.7 Å². The molecule has 2 nitrogen and oxygen atoms in total. The van der Waals surface area contributed by atoms with Crippen LogP contribution in [0.4, 0.5) is 5.69 Å². The highest BCUT2D eigenvalue weighted by atomic mass is 79.9. The summed E-state index contributed by atoms with van der Waals surface area (Å²) in [6, 6.07) is 5.93. The van der Waals surface area contributed by atoms with E-state index in [9.17, 15) is 4.79 Å². The van der Waals surface area contributed by atoms with Crippen LogP contribution in [-0.2, 0) is 4.79 Å². The van der Waals surface area contributed by atoms with Crippen LogP contribution in [0.2, 0.25) is 0 Å². The number of nitrogens with zero attached hydrogens (tertiary/aromatic N) is 1. The molecule has 0 aliphatic heterocycles. The quantitative estimate of drug-likeness (QED) is 0.741. The summed E-state index contributed by atoms with van der Waals surface area (Å²) in [5.41, 5.74) is 2.05. The van der Waals surface area contributed by atoms with Crippen molar-refractivity contribution in [3.8, 4) is 0 Å². The minimum Gasteiger partial charge on any atom is -0.315 e. The first-order valence-electron chi connectivity index (χ1n) is 4.03. The van der Waals surface area contributed by atoms with Gasteiger partial charge in [0.2, 0.25) is 5.91 Å². The Bertz CT molecular complexity index is 336. The Kier molecular flexibility index (Phi) is 3.09. The Morgan fingerprint density at radius 3 is 2.62 bits per heavy atom. The number of rotatable bonds is 1. The number of carbonyl (C=O) groups excluding carboxylic acids is 1. The fourth-order valence-corrected chi connectivity index (χ4v) is 1.56. The normalized spacial score (nSPS) is 9.85. The molecule has 0 fully saturated rings. The summed E-state index contributed by atoms with van der Waals surface area (Å²) >= 11 is 3.41. The molecule has 0 aliphatic carbocycles. The Morgan fingerprint density at radius 1 is 1.46 bits per heavy atom. The number of hydrogen-bond acceptors (Lipinski definition) is 1. The summed E-state index contributed by atoms with van der Waals surface area (Å²) in [7, 11) is 1.77. The molecular formula is C10H12BrNO. The van der Waals surface area contributed by atoms with Crippen molar-refractivity contribution in [2.45, 2.75) is 13.8 Å². The zero-order chi connectivity index (χ0) is 10.0. The first-order valence-corrected chi connectivity index (χ1v) is 4.82. The van der Waals surface area contributed by atoms with Gasteiger partial charge in [0, 0.05) is 18.4 Å². The van der Waals surface area contributed by atoms with E-state index in [4.69, 9.17) is 0 Å². The Morgan fingerprint density at radius 2 is 2.08 bits per heavy atom. The number of aryl methyl sites for hydroxylation is 1. The van der Waals surface area contributed by atoms with Crippen molar-refractivity contribution < 1.29 is 4.79 Å². The van der Waals surface area contributed by atoms with Gasteiger partial charge in [0.25, 0.3) is 0 Å². The van der Waals surface area contributed by atoms with Crippen molar-refractivity contribution in [2.75, 3.05) is 11.9 Å². The van der Waals surface area contributed by atoms with Crippen LogP contribution >= 0.6 is 15.9 Å². The van der Waals surface area contributed by atoms with Gasteiger partial charge in [0.05, 0.1) is 5.69 Å². The Balaban J connectivity index is 3.12. The highest BCUT2D eigenvalue weighted by molar-refractivity contribution is 9.10. The van der Waals surface area contributed by atoms with Gasteiger partial charge in [-0.25, -0.2) is 0 Å². The molecule has 13 heavy (non-hydrogen) atoms. The van der Waals surface area contributed by atoms with E-state index >= 15 is 0 Å². The second-order valence-electron chi connectivity index (χ2n) is 3.03. The van der Waals surface area contributed by atoms with E-state index in [1.165, 1.54) is 0 Å². The van der Waals surface area contributed by atoms with Gasteiger partial charge >= 0.3 is 0 Å². The monoisotopic (exact) mass is 241 g/mol. The lowest BCUT2D eigenvalue weighted by Crippen LogP contribution is -2.23. The predicted octanol–water partition coefficient (Wildman–Crippen LogP) is 2.74. The smallest absolute Gasteiger partial charge is 0.223 e. The van der Waals surface area contributed by atoms with Crippen LogP contribution in [0, 0.1) is 6.92 Å². The SMILES string of the molecule is CC(=O)N(C)c1cc(C)ccc1Br. The molecule has 0 bridgehead atoms. The van der Waals surface area contributed by atoms with E-state index in [-0.39, 0.29) is 5.91 Å². The molecule has 1 aromatic rings. The van der Waals surface area contributed by atoms with Crippen molar-refractivity contribution in [1.29, 1.82) is 0 Å². The van der Waals surface area contributed by atoms with Crippen molar-refractivity contribution in [2.24, 2.45) is 0 Å². The molecule has 0 spiro atoms. The third kappa shape index (κ3) is 2.31. The van der Waals surface area contributed by atoms with Crippen LogP contribution < -0.4 is 4.90 Å². The van der Waals surface area contributed by atoms with Crippen molar-refractivity contribution >= 4 is 27.5 Å². The lowest BCUT2D eigenvalue weighted by Gasteiger charge is -2.17. The Labute approximate surface area is 86.7 Å². The summed E-state index contributed by atoms with van der Waals surface area (Å²) in [6.45, 7) is 3.55. The summed E-state index contributed by atoms with van der Waals surface area (Å²) in [6.07, 6.45) is 0. The average Bonchev–Trinajstić information content (AvgIpc) is 2.08. The zero-order valence-electron chi connectivity index (χ0n) is 7.97. The standard InChI is InChI=1S/C10H12BrNO/c1-7-4-5-9(11)10(6-7)12(3)8(2)13/h4-6H,1-3H3. The lowest BCUT2D eigenvalue weighted by atomic mass is 10.2. The van der Waals surface area contributed by atoms with Gasteiger partial charge < -0.3 is 4.90 Å². The molecule has 1 rings (SSSR count). The van der Waals surface area contributed by atoms with Crippen LogP contribution in [0.5, 0.6) is 0 Å². The second kappa shape index (κ2) is 3.92. The second-order valence-corrected chi connectivity index (χ2v) is 3.89. The number of halogens is 1. The van der Waals surface area contributed by atoms with Crippen molar-refractivity contribution in [1.82, 2.24) is 0 Å². The third-order valence-electron chi connectivity index (χ3n) is 1.94. The summed E-state index contributed by atoms with van der Waals surface area (Å²) in [4.78, 5) is 12.7. The molecule has 0 atom stereocenters. The van der Waals surface area contributed by atoms with Crippen molar-refractivity contribution in [3.05, 3.63) is 28.2 Å². The van der Waals surface area contributed by atoms with E-state index in [1.807, 2.05) is 25.1 Å². The topological polar surface area (TPSA) is 20.3 Å². The molecule has 1 aromatic carbocycles. The lowest BCUT2D eigenvalue weighted by molar-refractivity contribution is -0.116. The molecule has 0 N–H and O–H groups in total.